The average molecular weight is 347 g/mol. The maximum atomic E-state index is 11.6. The predicted molar refractivity (Wildman–Crippen MR) is 95.8 cm³/mol. The number of carboxylic acid groups (broad SMARTS) is 1. The van der Waals surface area contributed by atoms with Gasteiger partial charge in [-0.25, -0.2) is 4.79 Å². The van der Waals surface area contributed by atoms with Gasteiger partial charge in [0.05, 0.1) is 13.2 Å². The minimum atomic E-state index is -0.961. The number of fused-ring (bicyclic) bond motifs is 1. The molecule has 1 aromatic rings. The zero-order valence-electron chi connectivity index (χ0n) is 15.4. The highest BCUT2D eigenvalue weighted by Crippen LogP contribution is 2.49. The maximum Gasteiger partial charge on any atom is 0.404 e. The molecule has 1 saturated heterocycles. The summed E-state index contributed by atoms with van der Waals surface area (Å²) in [6.45, 7) is 7.62. The van der Waals surface area contributed by atoms with E-state index in [9.17, 15) is 9.90 Å². The van der Waals surface area contributed by atoms with Crippen LogP contribution in [0.2, 0.25) is 0 Å². The number of amides is 1. The van der Waals surface area contributed by atoms with Crippen LogP contribution >= 0.6 is 0 Å². The fourth-order valence-corrected chi connectivity index (χ4v) is 4.68. The summed E-state index contributed by atoms with van der Waals surface area (Å²) in [7, 11) is 0. The van der Waals surface area contributed by atoms with Crippen molar-refractivity contribution in [2.45, 2.75) is 64.2 Å². The molecule has 2 unspecified atom stereocenters. The lowest BCUT2D eigenvalue weighted by Crippen LogP contribution is -2.56. The number of benzene rings is 1. The summed E-state index contributed by atoms with van der Waals surface area (Å²) in [5, 5.41) is 12.3. The fourth-order valence-electron chi connectivity index (χ4n) is 4.68. The van der Waals surface area contributed by atoms with Crippen molar-refractivity contribution in [3.8, 4) is 0 Å². The summed E-state index contributed by atoms with van der Waals surface area (Å²) in [6.07, 6.45) is 2.42. The van der Waals surface area contributed by atoms with Crippen molar-refractivity contribution in [2.75, 3.05) is 13.2 Å². The second kappa shape index (κ2) is 6.96. The Bertz CT molecular complexity index is 618. The smallest absolute Gasteiger partial charge is 0.404 e. The van der Waals surface area contributed by atoms with E-state index in [4.69, 9.17) is 9.47 Å². The Labute approximate surface area is 149 Å². The normalized spacial score (nSPS) is 24.9. The van der Waals surface area contributed by atoms with Gasteiger partial charge in [-0.05, 0) is 42.2 Å². The first-order valence-corrected chi connectivity index (χ1v) is 9.14. The van der Waals surface area contributed by atoms with Crippen LogP contribution < -0.4 is 5.32 Å². The standard InChI is InChI=1S/C20H29NO4/c1-19(2,3)17(21-18(22)23)20(11-9-16-24-12-13-25-16)10-8-14-6-4-5-7-15(14)20/h4-7,16-17,21H,8-13H2,1-3H3,(H,22,23). The van der Waals surface area contributed by atoms with E-state index in [0.29, 0.717) is 13.2 Å². The van der Waals surface area contributed by atoms with Crippen LogP contribution in [0.5, 0.6) is 0 Å². The molecule has 2 atom stereocenters. The van der Waals surface area contributed by atoms with E-state index in [1.165, 1.54) is 11.1 Å². The minimum Gasteiger partial charge on any atom is -0.465 e. The molecule has 0 saturated carbocycles. The maximum absolute atomic E-state index is 11.6. The van der Waals surface area contributed by atoms with E-state index in [2.05, 4.69) is 50.4 Å². The molecule has 2 aliphatic rings. The minimum absolute atomic E-state index is 0.171. The Kier molecular flexibility index (Phi) is 5.07. The van der Waals surface area contributed by atoms with Crippen LogP contribution in [0.1, 0.15) is 51.2 Å². The molecule has 0 aromatic heterocycles. The SMILES string of the molecule is CC(C)(C)C(NC(=O)O)C1(CCC2OCCO2)CCc2ccccc21. The van der Waals surface area contributed by atoms with Crippen LogP contribution in [0.3, 0.4) is 0 Å². The molecular weight excluding hydrogens is 318 g/mol. The third-order valence-corrected chi connectivity index (χ3v) is 5.60. The first-order chi connectivity index (χ1) is 11.8. The number of carbonyl (C=O) groups is 1. The largest absolute Gasteiger partial charge is 0.465 e. The van der Waals surface area contributed by atoms with Crippen LogP contribution in [0.15, 0.2) is 24.3 Å². The van der Waals surface area contributed by atoms with Crippen LogP contribution in [-0.4, -0.2) is 36.7 Å². The molecule has 1 aliphatic heterocycles. The summed E-state index contributed by atoms with van der Waals surface area (Å²) in [6, 6.07) is 8.28. The van der Waals surface area contributed by atoms with Gasteiger partial charge >= 0.3 is 6.09 Å². The van der Waals surface area contributed by atoms with Gasteiger partial charge in [-0.2, -0.15) is 0 Å². The second-order valence-electron chi connectivity index (χ2n) is 8.27. The van der Waals surface area contributed by atoms with Crippen molar-refractivity contribution in [3.05, 3.63) is 35.4 Å². The average Bonchev–Trinajstić information content (AvgIpc) is 3.18. The summed E-state index contributed by atoms with van der Waals surface area (Å²) >= 11 is 0. The Hall–Kier alpha value is -1.59. The number of hydrogen-bond acceptors (Lipinski definition) is 3. The van der Waals surface area contributed by atoms with Gasteiger partial charge in [-0.15, -0.1) is 0 Å². The molecule has 5 nitrogen and oxygen atoms in total. The highest BCUT2D eigenvalue weighted by Gasteiger charge is 2.50. The number of rotatable bonds is 5. The molecule has 1 aromatic carbocycles. The lowest BCUT2D eigenvalue weighted by molar-refractivity contribution is -0.0538. The van der Waals surface area contributed by atoms with Crippen LogP contribution in [0.4, 0.5) is 4.79 Å². The summed E-state index contributed by atoms with van der Waals surface area (Å²) in [5.41, 5.74) is 2.18. The molecule has 0 bridgehead atoms. The molecule has 1 heterocycles. The van der Waals surface area contributed by atoms with E-state index in [-0.39, 0.29) is 23.2 Å². The topological polar surface area (TPSA) is 67.8 Å². The van der Waals surface area contributed by atoms with Gasteiger partial charge < -0.3 is 19.9 Å². The monoisotopic (exact) mass is 347 g/mol. The quantitative estimate of drug-likeness (QED) is 0.852. The number of hydrogen-bond donors (Lipinski definition) is 2. The van der Waals surface area contributed by atoms with Crippen LogP contribution in [0.25, 0.3) is 0 Å². The first-order valence-electron chi connectivity index (χ1n) is 9.14. The van der Waals surface area contributed by atoms with E-state index in [0.717, 1.165) is 25.7 Å². The molecule has 1 aliphatic carbocycles. The lowest BCUT2D eigenvalue weighted by Gasteiger charge is -2.46. The van der Waals surface area contributed by atoms with Gasteiger partial charge in [0.25, 0.3) is 0 Å². The van der Waals surface area contributed by atoms with Crippen molar-refractivity contribution >= 4 is 6.09 Å². The molecule has 3 rings (SSSR count). The zero-order valence-corrected chi connectivity index (χ0v) is 15.4. The number of nitrogens with one attached hydrogen (secondary N) is 1. The molecule has 1 fully saturated rings. The van der Waals surface area contributed by atoms with Crippen molar-refractivity contribution < 1.29 is 19.4 Å². The van der Waals surface area contributed by atoms with Crippen molar-refractivity contribution in [1.82, 2.24) is 5.32 Å². The molecular formula is C20H29NO4. The zero-order chi connectivity index (χ0) is 18.1. The van der Waals surface area contributed by atoms with Crippen molar-refractivity contribution in [3.63, 3.8) is 0 Å². The van der Waals surface area contributed by atoms with Gasteiger partial charge in [-0.1, -0.05) is 45.0 Å². The lowest BCUT2D eigenvalue weighted by atomic mass is 9.63. The van der Waals surface area contributed by atoms with E-state index in [1.54, 1.807) is 0 Å². The summed E-state index contributed by atoms with van der Waals surface area (Å²) < 4.78 is 11.3. The van der Waals surface area contributed by atoms with Crippen LogP contribution in [0, 0.1) is 5.41 Å². The Balaban J connectivity index is 1.97. The van der Waals surface area contributed by atoms with Crippen molar-refractivity contribution in [2.24, 2.45) is 5.41 Å². The molecule has 1 amide bonds. The molecule has 0 radical (unpaired) electrons. The van der Waals surface area contributed by atoms with E-state index in [1.807, 2.05) is 0 Å². The summed E-state index contributed by atoms with van der Waals surface area (Å²) in [5.74, 6) is 0. The predicted octanol–water partition coefficient (Wildman–Crippen LogP) is 3.71. The molecule has 5 heteroatoms. The van der Waals surface area contributed by atoms with E-state index >= 15 is 0 Å². The third kappa shape index (κ3) is 3.67. The molecule has 138 valence electrons. The summed E-state index contributed by atoms with van der Waals surface area (Å²) in [4.78, 5) is 11.6. The number of ether oxygens (including phenoxy) is 2. The van der Waals surface area contributed by atoms with Gasteiger partial charge in [0.2, 0.25) is 0 Å². The highest BCUT2D eigenvalue weighted by atomic mass is 16.7. The van der Waals surface area contributed by atoms with Gasteiger partial charge in [0, 0.05) is 11.5 Å². The first kappa shape index (κ1) is 18.2. The third-order valence-electron chi connectivity index (χ3n) is 5.60. The molecule has 25 heavy (non-hydrogen) atoms. The van der Waals surface area contributed by atoms with Gasteiger partial charge in [-0.3, -0.25) is 0 Å². The Morgan fingerprint density at radius 1 is 1.32 bits per heavy atom. The number of aryl methyl sites for hydroxylation is 1. The van der Waals surface area contributed by atoms with Gasteiger partial charge in [0.15, 0.2) is 6.29 Å². The second-order valence-corrected chi connectivity index (χ2v) is 8.27. The molecule has 0 spiro atoms. The van der Waals surface area contributed by atoms with Gasteiger partial charge in [0.1, 0.15) is 0 Å². The Morgan fingerprint density at radius 2 is 2.00 bits per heavy atom. The highest BCUT2D eigenvalue weighted by molar-refractivity contribution is 5.65. The van der Waals surface area contributed by atoms with Crippen molar-refractivity contribution in [1.29, 1.82) is 0 Å². The fraction of sp³-hybridized carbons (Fsp3) is 0.650. The van der Waals surface area contributed by atoms with E-state index < -0.39 is 6.09 Å². The molecule has 2 N–H and O–H groups in total. The van der Waals surface area contributed by atoms with Crippen LogP contribution in [-0.2, 0) is 21.3 Å². The Morgan fingerprint density at radius 3 is 2.64 bits per heavy atom.